The van der Waals surface area contributed by atoms with Gasteiger partial charge in [0.25, 0.3) is 5.91 Å². The Morgan fingerprint density at radius 1 is 1.30 bits per heavy atom. The zero-order valence-corrected chi connectivity index (χ0v) is 13.9. The van der Waals surface area contributed by atoms with Crippen molar-refractivity contribution >= 4 is 33.9 Å². The van der Waals surface area contributed by atoms with Crippen molar-refractivity contribution in [2.45, 2.75) is 12.8 Å². The lowest BCUT2D eigenvalue weighted by Crippen LogP contribution is -2.17. The van der Waals surface area contributed by atoms with E-state index in [1.54, 1.807) is 0 Å². The maximum Gasteiger partial charge on any atom is 0.271 e. The minimum absolute atomic E-state index is 0.111. The van der Waals surface area contributed by atoms with E-state index in [1.165, 1.54) is 43.3 Å². The van der Waals surface area contributed by atoms with Crippen molar-refractivity contribution < 1.29 is 14.3 Å². The van der Waals surface area contributed by atoms with Crippen LogP contribution in [0.3, 0.4) is 0 Å². The topological polar surface area (TPSA) is 78.1 Å². The Kier molecular flexibility index (Phi) is 4.66. The SMILES string of the molecule is O=C(N/N=C\c1cc(Br)c(N2CCCC2)o1)c1ccc(O)cc1. The third-order valence-electron chi connectivity index (χ3n) is 3.57. The minimum atomic E-state index is -0.355. The summed E-state index contributed by atoms with van der Waals surface area (Å²) in [6.45, 7) is 1.97. The zero-order valence-electron chi connectivity index (χ0n) is 12.3. The largest absolute Gasteiger partial charge is 0.508 e. The number of carbonyl (C=O) groups excluding carboxylic acids is 1. The van der Waals surface area contributed by atoms with Crippen molar-refractivity contribution in [1.29, 1.82) is 0 Å². The second-order valence-corrected chi connectivity index (χ2v) is 6.10. The van der Waals surface area contributed by atoms with E-state index < -0.39 is 0 Å². The number of hydrogen-bond acceptors (Lipinski definition) is 5. The van der Waals surface area contributed by atoms with Crippen molar-refractivity contribution in [2.24, 2.45) is 5.10 Å². The van der Waals surface area contributed by atoms with Crippen LogP contribution in [0.2, 0.25) is 0 Å². The van der Waals surface area contributed by atoms with Gasteiger partial charge in [0.1, 0.15) is 5.75 Å². The number of phenolic OH excluding ortho intramolecular Hbond substituents is 1. The van der Waals surface area contributed by atoms with Gasteiger partial charge in [-0.1, -0.05) is 0 Å². The number of phenols is 1. The maximum absolute atomic E-state index is 11.9. The van der Waals surface area contributed by atoms with Gasteiger partial charge in [-0.25, -0.2) is 5.43 Å². The van der Waals surface area contributed by atoms with Crippen LogP contribution in [0.25, 0.3) is 0 Å². The summed E-state index contributed by atoms with van der Waals surface area (Å²) in [5.41, 5.74) is 2.84. The van der Waals surface area contributed by atoms with Gasteiger partial charge in [-0.05, 0) is 53.0 Å². The number of halogens is 1. The lowest BCUT2D eigenvalue weighted by molar-refractivity contribution is 0.0955. The molecule has 1 amide bonds. The molecule has 120 valence electrons. The summed E-state index contributed by atoms with van der Waals surface area (Å²) < 4.78 is 6.63. The Morgan fingerprint density at radius 2 is 2.00 bits per heavy atom. The molecule has 1 aromatic heterocycles. The average molecular weight is 378 g/mol. The normalized spacial score (nSPS) is 14.6. The summed E-state index contributed by atoms with van der Waals surface area (Å²) in [5.74, 6) is 1.12. The maximum atomic E-state index is 11.9. The molecule has 23 heavy (non-hydrogen) atoms. The van der Waals surface area contributed by atoms with Crippen LogP contribution in [0.1, 0.15) is 29.0 Å². The average Bonchev–Trinajstić information content (AvgIpc) is 3.17. The molecule has 1 aromatic carbocycles. The fourth-order valence-corrected chi connectivity index (χ4v) is 2.97. The van der Waals surface area contributed by atoms with Crippen LogP contribution in [0.5, 0.6) is 5.75 Å². The van der Waals surface area contributed by atoms with Crippen molar-refractivity contribution in [1.82, 2.24) is 5.43 Å². The molecule has 3 rings (SSSR count). The summed E-state index contributed by atoms with van der Waals surface area (Å²) in [6.07, 6.45) is 3.79. The van der Waals surface area contributed by atoms with E-state index >= 15 is 0 Å². The second-order valence-electron chi connectivity index (χ2n) is 5.24. The van der Waals surface area contributed by atoms with Gasteiger partial charge in [-0.3, -0.25) is 4.79 Å². The van der Waals surface area contributed by atoms with Gasteiger partial charge in [0, 0.05) is 24.7 Å². The van der Waals surface area contributed by atoms with Crippen LogP contribution in [0.15, 0.2) is 44.3 Å². The molecule has 2 heterocycles. The van der Waals surface area contributed by atoms with E-state index in [0.29, 0.717) is 11.3 Å². The highest BCUT2D eigenvalue weighted by Crippen LogP contribution is 2.31. The summed E-state index contributed by atoms with van der Waals surface area (Å²) >= 11 is 3.48. The standard InChI is InChI=1S/C16H16BrN3O3/c17-14-9-13(23-16(14)20-7-1-2-8-20)10-18-19-15(22)11-3-5-12(21)6-4-11/h3-6,9-10,21H,1-2,7-8H2,(H,19,22)/b18-10-. The van der Waals surface area contributed by atoms with Crippen LogP contribution in [0, 0.1) is 0 Å². The first-order valence-corrected chi connectivity index (χ1v) is 8.09. The molecule has 0 bridgehead atoms. The number of benzene rings is 1. The number of anilines is 1. The molecular weight excluding hydrogens is 362 g/mol. The Labute approximate surface area is 141 Å². The first-order chi connectivity index (χ1) is 11.1. The van der Waals surface area contributed by atoms with E-state index in [-0.39, 0.29) is 11.7 Å². The van der Waals surface area contributed by atoms with E-state index in [9.17, 15) is 9.90 Å². The number of nitrogens with one attached hydrogen (secondary N) is 1. The lowest BCUT2D eigenvalue weighted by atomic mass is 10.2. The van der Waals surface area contributed by atoms with Gasteiger partial charge >= 0.3 is 0 Å². The van der Waals surface area contributed by atoms with E-state index in [4.69, 9.17) is 4.42 Å². The fraction of sp³-hybridized carbons (Fsp3) is 0.250. The van der Waals surface area contributed by atoms with Crippen molar-refractivity contribution in [3.63, 3.8) is 0 Å². The third kappa shape index (κ3) is 3.73. The summed E-state index contributed by atoms with van der Waals surface area (Å²) in [6, 6.07) is 7.77. The number of furan rings is 1. The van der Waals surface area contributed by atoms with Crippen LogP contribution >= 0.6 is 15.9 Å². The smallest absolute Gasteiger partial charge is 0.271 e. The number of hydrogen-bond donors (Lipinski definition) is 2. The molecule has 1 saturated heterocycles. The second kappa shape index (κ2) is 6.87. The van der Waals surface area contributed by atoms with Crippen LogP contribution in [-0.2, 0) is 0 Å². The lowest BCUT2D eigenvalue weighted by Gasteiger charge is -2.13. The molecule has 0 radical (unpaired) electrons. The Morgan fingerprint density at radius 3 is 2.70 bits per heavy atom. The molecule has 0 saturated carbocycles. The Balaban J connectivity index is 1.62. The highest BCUT2D eigenvalue weighted by molar-refractivity contribution is 9.10. The molecule has 0 atom stereocenters. The number of aromatic hydroxyl groups is 1. The third-order valence-corrected chi connectivity index (χ3v) is 4.14. The first-order valence-electron chi connectivity index (χ1n) is 7.30. The number of hydrazone groups is 1. The number of amides is 1. The molecule has 1 aliphatic heterocycles. The Hall–Kier alpha value is -2.28. The first kappa shape index (κ1) is 15.6. The van der Waals surface area contributed by atoms with E-state index in [1.807, 2.05) is 6.07 Å². The summed E-state index contributed by atoms with van der Waals surface area (Å²) in [7, 11) is 0. The molecule has 7 heteroatoms. The number of nitrogens with zero attached hydrogens (tertiary/aromatic N) is 2. The zero-order chi connectivity index (χ0) is 16.2. The van der Waals surface area contributed by atoms with Crippen LogP contribution in [-0.4, -0.2) is 30.3 Å². The molecular formula is C16H16BrN3O3. The molecule has 0 unspecified atom stereocenters. The highest BCUT2D eigenvalue weighted by Gasteiger charge is 2.19. The number of rotatable bonds is 4. The molecule has 2 N–H and O–H groups in total. The van der Waals surface area contributed by atoms with Crippen LogP contribution < -0.4 is 10.3 Å². The predicted octanol–water partition coefficient (Wildman–Crippen LogP) is 3.11. The molecule has 1 fully saturated rings. The molecule has 1 aliphatic rings. The quantitative estimate of drug-likeness (QED) is 0.633. The van der Waals surface area contributed by atoms with Gasteiger partial charge in [0.05, 0.1) is 10.7 Å². The summed E-state index contributed by atoms with van der Waals surface area (Å²) in [5, 5.41) is 13.1. The van der Waals surface area contributed by atoms with E-state index in [2.05, 4.69) is 31.4 Å². The van der Waals surface area contributed by atoms with Crippen molar-refractivity contribution in [3.05, 3.63) is 46.1 Å². The molecule has 2 aromatic rings. The molecule has 0 spiro atoms. The number of carbonyl (C=O) groups is 1. The Bertz CT molecular complexity index is 719. The summed E-state index contributed by atoms with van der Waals surface area (Å²) in [4.78, 5) is 14.0. The minimum Gasteiger partial charge on any atom is -0.508 e. The highest BCUT2D eigenvalue weighted by atomic mass is 79.9. The van der Waals surface area contributed by atoms with Gasteiger partial charge < -0.3 is 14.4 Å². The van der Waals surface area contributed by atoms with Gasteiger partial charge in [0.15, 0.2) is 5.76 Å². The predicted molar refractivity (Wildman–Crippen MR) is 91.0 cm³/mol. The van der Waals surface area contributed by atoms with Gasteiger partial charge in [0.2, 0.25) is 5.88 Å². The van der Waals surface area contributed by atoms with Gasteiger partial charge in [-0.2, -0.15) is 5.10 Å². The monoisotopic (exact) mass is 377 g/mol. The van der Waals surface area contributed by atoms with Crippen LogP contribution in [0.4, 0.5) is 5.88 Å². The van der Waals surface area contributed by atoms with Crippen molar-refractivity contribution in [2.75, 3.05) is 18.0 Å². The molecule has 0 aliphatic carbocycles. The van der Waals surface area contributed by atoms with E-state index in [0.717, 1.165) is 23.4 Å². The molecule has 6 nitrogen and oxygen atoms in total. The van der Waals surface area contributed by atoms with Gasteiger partial charge in [-0.15, -0.1) is 0 Å². The van der Waals surface area contributed by atoms with Crippen molar-refractivity contribution in [3.8, 4) is 5.75 Å². The fourth-order valence-electron chi connectivity index (χ4n) is 2.41.